The maximum atomic E-state index is 2.41. The lowest BCUT2D eigenvalue weighted by atomic mass is 10.1. The Morgan fingerprint density at radius 3 is 2.22 bits per heavy atom. The van der Waals surface area contributed by atoms with Crippen LogP contribution >= 0.6 is 0 Å². The standard InChI is InChI=1S/C17H21N/c1-3-15-11-8-12-17(13-15)18(4-2)14-16-9-6-5-7-10-16/h5-13H,3-4,14H2,1-2H3. The summed E-state index contributed by atoms with van der Waals surface area (Å²) in [6.45, 7) is 6.42. The van der Waals surface area contributed by atoms with Gasteiger partial charge < -0.3 is 4.90 Å². The highest BCUT2D eigenvalue weighted by molar-refractivity contribution is 5.49. The van der Waals surface area contributed by atoms with Gasteiger partial charge in [-0.05, 0) is 36.6 Å². The highest BCUT2D eigenvalue weighted by atomic mass is 15.1. The van der Waals surface area contributed by atoms with Gasteiger partial charge in [0.25, 0.3) is 0 Å². The van der Waals surface area contributed by atoms with Gasteiger partial charge in [-0.25, -0.2) is 0 Å². The number of rotatable bonds is 5. The molecular weight excluding hydrogens is 218 g/mol. The number of benzene rings is 2. The van der Waals surface area contributed by atoms with Gasteiger partial charge in [0, 0.05) is 18.8 Å². The van der Waals surface area contributed by atoms with Crippen LogP contribution in [0, 0.1) is 0 Å². The van der Waals surface area contributed by atoms with E-state index in [1.807, 2.05) is 0 Å². The van der Waals surface area contributed by atoms with Gasteiger partial charge in [-0.2, -0.15) is 0 Å². The molecule has 0 spiro atoms. The van der Waals surface area contributed by atoms with Crippen molar-refractivity contribution in [1.82, 2.24) is 0 Å². The quantitative estimate of drug-likeness (QED) is 0.753. The number of nitrogens with zero attached hydrogens (tertiary/aromatic N) is 1. The minimum Gasteiger partial charge on any atom is -0.367 e. The number of hydrogen-bond acceptors (Lipinski definition) is 1. The molecule has 94 valence electrons. The van der Waals surface area contributed by atoms with Crippen LogP contribution in [0.5, 0.6) is 0 Å². The monoisotopic (exact) mass is 239 g/mol. The van der Waals surface area contributed by atoms with Gasteiger partial charge in [0.15, 0.2) is 0 Å². The van der Waals surface area contributed by atoms with Crippen molar-refractivity contribution in [3.8, 4) is 0 Å². The Bertz CT molecular complexity index is 476. The summed E-state index contributed by atoms with van der Waals surface area (Å²) in [6, 6.07) is 19.5. The Labute approximate surface area is 110 Å². The average Bonchev–Trinajstić information content (AvgIpc) is 2.46. The Morgan fingerprint density at radius 2 is 1.56 bits per heavy atom. The second kappa shape index (κ2) is 6.25. The van der Waals surface area contributed by atoms with Gasteiger partial charge in [-0.1, -0.05) is 49.4 Å². The number of hydrogen-bond donors (Lipinski definition) is 0. The Hall–Kier alpha value is -1.76. The first-order valence-electron chi connectivity index (χ1n) is 6.71. The van der Waals surface area contributed by atoms with E-state index in [4.69, 9.17) is 0 Å². The van der Waals surface area contributed by atoms with E-state index in [-0.39, 0.29) is 0 Å². The second-order valence-electron chi connectivity index (χ2n) is 4.52. The zero-order valence-corrected chi connectivity index (χ0v) is 11.3. The third-order valence-electron chi connectivity index (χ3n) is 3.28. The summed E-state index contributed by atoms with van der Waals surface area (Å²) in [7, 11) is 0. The first-order chi connectivity index (χ1) is 8.83. The summed E-state index contributed by atoms with van der Waals surface area (Å²) in [6.07, 6.45) is 1.09. The SMILES string of the molecule is CCc1cccc(N(CC)Cc2ccccc2)c1. The first kappa shape index (κ1) is 12.7. The molecule has 0 bridgehead atoms. The average molecular weight is 239 g/mol. The van der Waals surface area contributed by atoms with Crippen LogP contribution in [-0.4, -0.2) is 6.54 Å². The van der Waals surface area contributed by atoms with E-state index in [0.29, 0.717) is 0 Å². The molecule has 0 aliphatic rings. The van der Waals surface area contributed by atoms with Crippen molar-refractivity contribution in [2.24, 2.45) is 0 Å². The van der Waals surface area contributed by atoms with Crippen LogP contribution in [0.3, 0.4) is 0 Å². The fraction of sp³-hybridized carbons (Fsp3) is 0.294. The predicted molar refractivity (Wildman–Crippen MR) is 79.0 cm³/mol. The van der Waals surface area contributed by atoms with Crippen molar-refractivity contribution in [3.63, 3.8) is 0 Å². The van der Waals surface area contributed by atoms with E-state index in [1.165, 1.54) is 16.8 Å². The van der Waals surface area contributed by atoms with Crippen LogP contribution in [0.15, 0.2) is 54.6 Å². The third-order valence-corrected chi connectivity index (χ3v) is 3.28. The van der Waals surface area contributed by atoms with E-state index in [9.17, 15) is 0 Å². The zero-order valence-electron chi connectivity index (χ0n) is 11.3. The zero-order chi connectivity index (χ0) is 12.8. The van der Waals surface area contributed by atoms with Crippen molar-refractivity contribution in [3.05, 3.63) is 65.7 Å². The molecule has 0 fully saturated rings. The minimum absolute atomic E-state index is 0.977. The van der Waals surface area contributed by atoms with Gasteiger partial charge in [-0.3, -0.25) is 0 Å². The summed E-state index contributed by atoms with van der Waals surface area (Å²) in [5.41, 5.74) is 4.08. The highest BCUT2D eigenvalue weighted by Gasteiger charge is 2.05. The van der Waals surface area contributed by atoms with Crippen molar-refractivity contribution in [1.29, 1.82) is 0 Å². The van der Waals surface area contributed by atoms with Crippen LogP contribution in [0.1, 0.15) is 25.0 Å². The van der Waals surface area contributed by atoms with Gasteiger partial charge in [0.1, 0.15) is 0 Å². The normalized spacial score (nSPS) is 10.3. The van der Waals surface area contributed by atoms with E-state index < -0.39 is 0 Å². The van der Waals surface area contributed by atoms with Gasteiger partial charge in [-0.15, -0.1) is 0 Å². The summed E-state index contributed by atoms with van der Waals surface area (Å²) in [5.74, 6) is 0. The smallest absolute Gasteiger partial charge is 0.0429 e. The van der Waals surface area contributed by atoms with Gasteiger partial charge >= 0.3 is 0 Å². The predicted octanol–water partition coefficient (Wildman–Crippen LogP) is 4.28. The Balaban J connectivity index is 2.17. The minimum atomic E-state index is 0.977. The molecule has 0 aliphatic carbocycles. The van der Waals surface area contributed by atoms with Crippen molar-refractivity contribution >= 4 is 5.69 Å². The van der Waals surface area contributed by atoms with Gasteiger partial charge in [0.05, 0.1) is 0 Å². The van der Waals surface area contributed by atoms with Crippen molar-refractivity contribution in [2.75, 3.05) is 11.4 Å². The molecule has 1 nitrogen and oxygen atoms in total. The Morgan fingerprint density at radius 1 is 0.833 bits per heavy atom. The van der Waals surface area contributed by atoms with Crippen LogP contribution in [0.4, 0.5) is 5.69 Å². The lowest BCUT2D eigenvalue weighted by Crippen LogP contribution is -2.21. The van der Waals surface area contributed by atoms with E-state index in [2.05, 4.69) is 73.3 Å². The van der Waals surface area contributed by atoms with Crippen LogP contribution in [0.2, 0.25) is 0 Å². The first-order valence-corrected chi connectivity index (χ1v) is 6.71. The molecule has 2 aromatic rings. The van der Waals surface area contributed by atoms with E-state index >= 15 is 0 Å². The third kappa shape index (κ3) is 3.13. The molecule has 0 saturated carbocycles. The van der Waals surface area contributed by atoms with Crippen LogP contribution in [-0.2, 0) is 13.0 Å². The molecular formula is C17H21N. The number of aryl methyl sites for hydroxylation is 1. The molecule has 0 aliphatic heterocycles. The molecule has 0 unspecified atom stereocenters. The molecule has 18 heavy (non-hydrogen) atoms. The molecule has 1 heteroatoms. The molecule has 0 aromatic heterocycles. The second-order valence-corrected chi connectivity index (χ2v) is 4.52. The maximum absolute atomic E-state index is 2.41. The topological polar surface area (TPSA) is 3.24 Å². The summed E-state index contributed by atoms with van der Waals surface area (Å²) >= 11 is 0. The fourth-order valence-electron chi connectivity index (χ4n) is 2.16. The van der Waals surface area contributed by atoms with Crippen molar-refractivity contribution < 1.29 is 0 Å². The maximum Gasteiger partial charge on any atom is 0.0429 e. The van der Waals surface area contributed by atoms with Crippen LogP contribution in [0.25, 0.3) is 0 Å². The lowest BCUT2D eigenvalue weighted by Gasteiger charge is -2.23. The largest absolute Gasteiger partial charge is 0.367 e. The van der Waals surface area contributed by atoms with Crippen molar-refractivity contribution in [2.45, 2.75) is 26.8 Å². The van der Waals surface area contributed by atoms with Gasteiger partial charge in [0.2, 0.25) is 0 Å². The molecule has 2 rings (SSSR count). The molecule has 0 amide bonds. The summed E-state index contributed by atoms with van der Waals surface area (Å²) < 4.78 is 0. The number of anilines is 1. The molecule has 0 heterocycles. The molecule has 0 atom stereocenters. The fourth-order valence-corrected chi connectivity index (χ4v) is 2.16. The van der Waals surface area contributed by atoms with Crippen LogP contribution < -0.4 is 4.90 Å². The highest BCUT2D eigenvalue weighted by Crippen LogP contribution is 2.18. The summed E-state index contributed by atoms with van der Waals surface area (Å²) in [5, 5.41) is 0. The molecule has 0 N–H and O–H groups in total. The van der Waals surface area contributed by atoms with E-state index in [0.717, 1.165) is 19.5 Å². The Kier molecular flexibility index (Phi) is 4.40. The lowest BCUT2D eigenvalue weighted by molar-refractivity contribution is 0.830. The molecule has 0 saturated heterocycles. The summed E-state index contributed by atoms with van der Waals surface area (Å²) in [4.78, 5) is 2.41. The van der Waals surface area contributed by atoms with E-state index in [1.54, 1.807) is 0 Å². The molecule has 0 radical (unpaired) electrons. The molecule has 2 aromatic carbocycles.